The van der Waals surface area contributed by atoms with E-state index in [2.05, 4.69) is 46.5 Å². The van der Waals surface area contributed by atoms with Crippen LogP contribution >= 0.6 is 0 Å². The van der Waals surface area contributed by atoms with Gasteiger partial charge in [0.15, 0.2) is 5.78 Å². The van der Waals surface area contributed by atoms with E-state index in [-0.39, 0.29) is 58.6 Å². The topological polar surface area (TPSA) is 103 Å². The van der Waals surface area contributed by atoms with Crippen molar-refractivity contribution in [2.45, 2.75) is 138 Å². The van der Waals surface area contributed by atoms with E-state index in [9.17, 15) is 19.2 Å². The van der Waals surface area contributed by atoms with Crippen molar-refractivity contribution in [1.29, 1.82) is 0 Å². The summed E-state index contributed by atoms with van der Waals surface area (Å²) in [6.45, 7) is 18.5. The summed E-state index contributed by atoms with van der Waals surface area (Å²) < 4.78 is 12.5. The highest BCUT2D eigenvalue weighted by Gasteiger charge is 2.68. The van der Waals surface area contributed by atoms with Crippen LogP contribution in [0.2, 0.25) is 0 Å². The molecule has 6 aliphatic rings. The first-order valence-corrected chi connectivity index (χ1v) is 19.8. The molecule has 1 aromatic heterocycles. The number of Topliss-reactive ketones (excluding diaryl/α,β-unsaturated/α-hetero) is 1. The van der Waals surface area contributed by atoms with Crippen LogP contribution in [0, 0.1) is 56.7 Å². The van der Waals surface area contributed by atoms with Gasteiger partial charge in [-0.3, -0.25) is 19.5 Å². The first-order valence-electron chi connectivity index (χ1n) is 19.8. The maximum atomic E-state index is 14.1. The SMILES string of the molecule is CC(C)C1=C2C3CCC4C(C)(CCC5C(C)(C)C(OC(=O)CC(C)(C)C=O)CCC54C)C3CCC2(C2CN(Cc3ccccn3)C(=O)O2)CC1=O. The number of hydrogen-bond donors (Lipinski definition) is 0. The molecule has 0 radical (unpaired) electrons. The maximum Gasteiger partial charge on any atom is 0.410 e. The number of nitrogens with zero attached hydrogens (tertiary/aromatic N) is 2. The van der Waals surface area contributed by atoms with E-state index >= 15 is 0 Å². The minimum Gasteiger partial charge on any atom is -0.462 e. The van der Waals surface area contributed by atoms with Crippen molar-refractivity contribution in [3.05, 3.63) is 41.2 Å². The molecule has 2 heterocycles. The summed E-state index contributed by atoms with van der Waals surface area (Å²) in [6, 6.07) is 5.76. The number of esters is 1. The van der Waals surface area contributed by atoms with Gasteiger partial charge in [0.25, 0.3) is 0 Å². The van der Waals surface area contributed by atoms with Crippen LogP contribution in [-0.2, 0) is 30.4 Å². The van der Waals surface area contributed by atoms with Crippen molar-refractivity contribution in [1.82, 2.24) is 9.88 Å². The summed E-state index contributed by atoms with van der Waals surface area (Å²) in [4.78, 5) is 58.2. The molecule has 5 fully saturated rings. The summed E-state index contributed by atoms with van der Waals surface area (Å²) in [7, 11) is 0. The molecule has 9 atom stereocenters. The Labute approximate surface area is 304 Å². The molecule has 51 heavy (non-hydrogen) atoms. The number of aldehydes is 1. The minimum atomic E-state index is -0.722. The molecule has 0 aromatic carbocycles. The number of ketones is 1. The van der Waals surface area contributed by atoms with Gasteiger partial charge in [-0.15, -0.1) is 0 Å². The van der Waals surface area contributed by atoms with Crippen molar-refractivity contribution in [3.63, 3.8) is 0 Å². The highest BCUT2D eigenvalue weighted by Crippen LogP contribution is 2.73. The lowest BCUT2D eigenvalue weighted by Crippen LogP contribution is -2.63. The molecule has 8 heteroatoms. The Morgan fingerprint density at radius 1 is 1.02 bits per heavy atom. The van der Waals surface area contributed by atoms with Crippen molar-refractivity contribution >= 4 is 24.1 Å². The molecule has 4 saturated carbocycles. The Balaban J connectivity index is 1.15. The lowest BCUT2D eigenvalue weighted by molar-refractivity contribution is -0.214. The van der Waals surface area contributed by atoms with Gasteiger partial charge in [-0.2, -0.15) is 0 Å². The van der Waals surface area contributed by atoms with E-state index in [1.54, 1.807) is 24.9 Å². The number of aromatic nitrogens is 1. The number of allylic oxidation sites excluding steroid dienone is 1. The second kappa shape index (κ2) is 12.5. The Kier molecular flexibility index (Phi) is 8.93. The van der Waals surface area contributed by atoms with Crippen molar-refractivity contribution in [3.8, 4) is 0 Å². The van der Waals surface area contributed by atoms with E-state index in [0.29, 0.717) is 43.2 Å². The molecule has 278 valence electrons. The van der Waals surface area contributed by atoms with Crippen LogP contribution in [0.5, 0.6) is 0 Å². The third kappa shape index (κ3) is 5.71. The maximum absolute atomic E-state index is 14.1. The van der Waals surface area contributed by atoms with Crippen LogP contribution < -0.4 is 0 Å². The summed E-state index contributed by atoms with van der Waals surface area (Å²) in [6.07, 6.45) is 10.6. The van der Waals surface area contributed by atoms with Gasteiger partial charge in [0.05, 0.1) is 25.2 Å². The Morgan fingerprint density at radius 3 is 2.45 bits per heavy atom. The fourth-order valence-corrected chi connectivity index (χ4v) is 13.2. The molecule has 8 nitrogen and oxygen atoms in total. The van der Waals surface area contributed by atoms with Crippen LogP contribution in [-0.4, -0.2) is 52.8 Å². The number of rotatable bonds is 8. The molecule has 1 amide bonds. The second-order valence-corrected chi connectivity index (χ2v) is 19.4. The normalized spacial score (nSPS) is 38.8. The molecule has 9 unspecified atom stereocenters. The van der Waals surface area contributed by atoms with Gasteiger partial charge in [0, 0.05) is 28.9 Å². The van der Waals surface area contributed by atoms with Crippen LogP contribution in [0.1, 0.15) is 125 Å². The van der Waals surface area contributed by atoms with Crippen LogP contribution in [0.3, 0.4) is 0 Å². The summed E-state index contributed by atoms with van der Waals surface area (Å²) in [5, 5.41) is 0. The fraction of sp³-hybridized carbons (Fsp3) is 0.744. The first-order chi connectivity index (χ1) is 24.0. The third-order valence-corrected chi connectivity index (χ3v) is 15.4. The van der Waals surface area contributed by atoms with E-state index in [4.69, 9.17) is 9.47 Å². The van der Waals surface area contributed by atoms with Crippen LogP contribution in [0.4, 0.5) is 4.79 Å². The lowest BCUT2D eigenvalue weighted by atomic mass is 9.36. The average Bonchev–Trinajstić information content (AvgIpc) is 3.59. The van der Waals surface area contributed by atoms with Gasteiger partial charge >= 0.3 is 12.1 Å². The number of cyclic esters (lactones) is 1. The number of carbonyl (C=O) groups excluding carboxylic acids is 4. The van der Waals surface area contributed by atoms with Gasteiger partial charge in [-0.05, 0) is 115 Å². The Morgan fingerprint density at radius 2 is 1.76 bits per heavy atom. The van der Waals surface area contributed by atoms with Crippen molar-refractivity contribution < 1.29 is 28.7 Å². The Hall–Kier alpha value is -3.03. The third-order valence-electron chi connectivity index (χ3n) is 15.4. The molecule has 1 aromatic rings. The van der Waals surface area contributed by atoms with E-state index in [0.717, 1.165) is 68.9 Å². The molecule has 0 N–H and O–H groups in total. The molecule has 7 rings (SSSR count). The summed E-state index contributed by atoms with van der Waals surface area (Å²) >= 11 is 0. The monoisotopic (exact) mass is 700 g/mol. The zero-order valence-corrected chi connectivity index (χ0v) is 32.3. The van der Waals surface area contributed by atoms with Gasteiger partial charge in [-0.1, -0.05) is 61.5 Å². The molecular weight excluding hydrogens is 640 g/mol. The summed E-state index contributed by atoms with van der Waals surface area (Å²) in [5.74, 6) is 1.88. The van der Waals surface area contributed by atoms with Gasteiger partial charge < -0.3 is 14.3 Å². The van der Waals surface area contributed by atoms with Crippen LogP contribution in [0.25, 0.3) is 0 Å². The van der Waals surface area contributed by atoms with E-state index in [1.807, 2.05) is 18.2 Å². The van der Waals surface area contributed by atoms with E-state index < -0.39 is 10.8 Å². The highest BCUT2D eigenvalue weighted by atomic mass is 16.6. The Bertz CT molecular complexity index is 1610. The fourth-order valence-electron chi connectivity index (χ4n) is 13.2. The molecular formula is C43H60N2O6. The second-order valence-electron chi connectivity index (χ2n) is 19.4. The number of carbonyl (C=O) groups is 4. The highest BCUT2D eigenvalue weighted by molar-refractivity contribution is 6.01. The van der Waals surface area contributed by atoms with Gasteiger partial charge in [0.2, 0.25) is 0 Å². The summed E-state index contributed by atoms with van der Waals surface area (Å²) in [5.41, 5.74) is 2.13. The van der Waals surface area contributed by atoms with Crippen LogP contribution in [0.15, 0.2) is 35.5 Å². The van der Waals surface area contributed by atoms with Gasteiger partial charge in [-0.25, -0.2) is 4.79 Å². The number of hydrogen-bond acceptors (Lipinski definition) is 7. The lowest BCUT2D eigenvalue weighted by Gasteiger charge is -2.69. The van der Waals surface area contributed by atoms with Gasteiger partial charge in [0.1, 0.15) is 18.5 Å². The smallest absolute Gasteiger partial charge is 0.410 e. The molecule has 5 aliphatic carbocycles. The standard InChI is InChI=1S/C43H60N2O6/c1-26(2)36-30(47)21-43(34-24-45(38(49)51-34)23-27-11-9-10-20-44-27)19-14-29-28(37(36)43)12-13-32-41(29,7)17-15-31-40(5,6)33(16-18-42(31,32)8)50-35(48)22-39(3,4)25-46/h9-11,20,25-26,28-29,31-34H,12-19,21-24H2,1-8H3. The number of fused-ring (bicyclic) bond motifs is 7. The zero-order chi connectivity index (χ0) is 36.7. The average molecular weight is 701 g/mol. The number of amides is 1. The minimum absolute atomic E-state index is 0.106. The molecule has 1 aliphatic heterocycles. The predicted molar refractivity (Wildman–Crippen MR) is 194 cm³/mol. The largest absolute Gasteiger partial charge is 0.462 e. The number of pyridine rings is 1. The quantitative estimate of drug-likeness (QED) is 0.198. The van der Waals surface area contributed by atoms with Crippen molar-refractivity contribution in [2.24, 2.45) is 56.7 Å². The van der Waals surface area contributed by atoms with Crippen molar-refractivity contribution in [2.75, 3.05) is 6.54 Å². The predicted octanol–water partition coefficient (Wildman–Crippen LogP) is 8.52. The first kappa shape index (κ1) is 36.3. The molecule has 0 bridgehead atoms. The zero-order valence-electron chi connectivity index (χ0n) is 32.3. The number of ether oxygens (including phenoxy) is 2. The molecule has 1 saturated heterocycles. The molecule has 0 spiro atoms. The van der Waals surface area contributed by atoms with E-state index in [1.165, 1.54) is 5.57 Å².